The Bertz CT molecular complexity index is 830. The number of halogens is 4. The van der Waals surface area contributed by atoms with Crippen LogP contribution in [0.15, 0.2) is 47.5 Å². The van der Waals surface area contributed by atoms with Gasteiger partial charge in [-0.3, -0.25) is 4.98 Å². The van der Waals surface area contributed by atoms with E-state index in [2.05, 4.69) is 4.98 Å². The summed E-state index contributed by atoms with van der Waals surface area (Å²) in [6.45, 7) is 3.17. The van der Waals surface area contributed by atoms with Gasteiger partial charge in [0.25, 0.3) is 0 Å². The molecule has 0 radical (unpaired) electrons. The fourth-order valence-electron chi connectivity index (χ4n) is 2.24. The summed E-state index contributed by atoms with van der Waals surface area (Å²) in [5.74, 6) is 0. The minimum atomic E-state index is -4.44. The van der Waals surface area contributed by atoms with Crippen LogP contribution in [0.2, 0.25) is 5.02 Å². The number of aromatic nitrogens is 1. The van der Waals surface area contributed by atoms with Crippen LogP contribution >= 0.6 is 11.6 Å². The van der Waals surface area contributed by atoms with Gasteiger partial charge in [-0.05, 0) is 63.1 Å². The second kappa shape index (κ2) is 6.96. The average Bonchev–Trinajstić information content (AvgIpc) is 2.53. The summed E-state index contributed by atoms with van der Waals surface area (Å²) in [6, 6.07) is 8.10. The van der Waals surface area contributed by atoms with E-state index in [1.165, 1.54) is 30.3 Å². The third-order valence-electron chi connectivity index (χ3n) is 3.99. The molecule has 0 saturated carbocycles. The number of hydrogen-bond donors (Lipinski definition) is 0. The Morgan fingerprint density at radius 2 is 1.64 bits per heavy atom. The number of aryl methyl sites for hydroxylation is 1. The molecule has 0 bridgehead atoms. The fraction of sp³-hybridized carbons (Fsp3) is 0.353. The van der Waals surface area contributed by atoms with Crippen molar-refractivity contribution in [3.05, 3.63) is 58.9 Å². The highest BCUT2D eigenvalue weighted by molar-refractivity contribution is 7.92. The molecule has 0 aliphatic rings. The summed E-state index contributed by atoms with van der Waals surface area (Å²) in [5.41, 5.74) is -0.420. The van der Waals surface area contributed by atoms with E-state index in [0.717, 1.165) is 12.3 Å². The Hall–Kier alpha value is -1.60. The normalized spacial score (nSPS) is 13.0. The molecule has 0 atom stereocenters. The molecule has 136 valence electrons. The third kappa shape index (κ3) is 4.52. The summed E-state index contributed by atoms with van der Waals surface area (Å²) in [6.07, 6.45) is -3.22. The number of rotatable bonds is 5. The van der Waals surface area contributed by atoms with Gasteiger partial charge in [-0.1, -0.05) is 11.6 Å². The van der Waals surface area contributed by atoms with Gasteiger partial charge in [0, 0.05) is 16.9 Å². The average molecular weight is 392 g/mol. The Morgan fingerprint density at radius 3 is 2.12 bits per heavy atom. The SMILES string of the molecule is CC(C)(CCc1ccc(C(F)(F)F)cn1)S(=O)(=O)c1ccc(Cl)cc1. The summed E-state index contributed by atoms with van der Waals surface area (Å²) < 4.78 is 62.0. The lowest BCUT2D eigenvalue weighted by Gasteiger charge is -2.25. The topological polar surface area (TPSA) is 47.0 Å². The molecule has 0 saturated heterocycles. The number of benzene rings is 1. The highest BCUT2D eigenvalue weighted by atomic mass is 35.5. The number of nitrogens with zero attached hydrogens (tertiary/aromatic N) is 1. The van der Waals surface area contributed by atoms with Crippen molar-refractivity contribution in [2.45, 2.75) is 42.5 Å². The van der Waals surface area contributed by atoms with E-state index in [1.54, 1.807) is 13.8 Å². The molecule has 2 rings (SSSR count). The maximum absolute atomic E-state index is 12.8. The van der Waals surface area contributed by atoms with Crippen molar-refractivity contribution >= 4 is 21.4 Å². The van der Waals surface area contributed by atoms with Crippen LogP contribution < -0.4 is 0 Å². The number of alkyl halides is 3. The van der Waals surface area contributed by atoms with Crippen molar-refractivity contribution in [2.24, 2.45) is 0 Å². The van der Waals surface area contributed by atoms with Gasteiger partial charge < -0.3 is 0 Å². The largest absolute Gasteiger partial charge is 0.417 e. The van der Waals surface area contributed by atoms with Crippen molar-refractivity contribution in [3.8, 4) is 0 Å². The summed E-state index contributed by atoms with van der Waals surface area (Å²) in [7, 11) is -3.62. The van der Waals surface area contributed by atoms with Gasteiger partial charge >= 0.3 is 6.18 Å². The first-order valence-electron chi connectivity index (χ1n) is 7.46. The Labute approximate surface area is 149 Å². The van der Waals surface area contributed by atoms with Gasteiger partial charge in [0.15, 0.2) is 9.84 Å². The van der Waals surface area contributed by atoms with Gasteiger partial charge in [-0.15, -0.1) is 0 Å². The van der Waals surface area contributed by atoms with Crippen molar-refractivity contribution in [3.63, 3.8) is 0 Å². The summed E-state index contributed by atoms with van der Waals surface area (Å²) >= 11 is 5.78. The lowest BCUT2D eigenvalue weighted by Crippen LogP contribution is -2.32. The Balaban J connectivity index is 2.14. The smallest absolute Gasteiger partial charge is 0.261 e. The molecule has 8 heteroatoms. The van der Waals surface area contributed by atoms with Crippen LogP contribution in [0.25, 0.3) is 0 Å². The Morgan fingerprint density at radius 1 is 1.04 bits per heavy atom. The van der Waals surface area contributed by atoms with E-state index < -0.39 is 26.3 Å². The lowest BCUT2D eigenvalue weighted by molar-refractivity contribution is -0.137. The molecule has 0 fully saturated rings. The summed E-state index contributed by atoms with van der Waals surface area (Å²) in [4.78, 5) is 3.94. The van der Waals surface area contributed by atoms with Crippen LogP contribution in [-0.2, 0) is 22.4 Å². The van der Waals surface area contributed by atoms with Crippen LogP contribution in [0.1, 0.15) is 31.5 Å². The highest BCUT2D eigenvalue weighted by Gasteiger charge is 2.35. The second-order valence-corrected chi connectivity index (χ2v) is 9.27. The molecule has 0 spiro atoms. The van der Waals surface area contributed by atoms with Crippen molar-refractivity contribution in [2.75, 3.05) is 0 Å². The zero-order chi connectivity index (χ0) is 18.9. The van der Waals surface area contributed by atoms with Crippen LogP contribution in [0.4, 0.5) is 13.2 Å². The monoisotopic (exact) mass is 391 g/mol. The molecule has 0 aliphatic carbocycles. The zero-order valence-corrected chi connectivity index (χ0v) is 15.2. The first kappa shape index (κ1) is 19.7. The molecule has 2 aromatic rings. The van der Waals surface area contributed by atoms with Gasteiger partial charge in [-0.2, -0.15) is 13.2 Å². The molecular weight excluding hydrogens is 375 g/mol. The first-order valence-corrected chi connectivity index (χ1v) is 9.32. The number of hydrogen-bond acceptors (Lipinski definition) is 3. The zero-order valence-electron chi connectivity index (χ0n) is 13.6. The predicted octanol–water partition coefficient (Wildman–Crippen LogP) is 4.94. The van der Waals surface area contributed by atoms with Gasteiger partial charge in [0.2, 0.25) is 0 Å². The first-order chi connectivity index (χ1) is 11.4. The quantitative estimate of drug-likeness (QED) is 0.725. The van der Waals surface area contributed by atoms with Gasteiger partial charge in [-0.25, -0.2) is 8.42 Å². The van der Waals surface area contributed by atoms with E-state index >= 15 is 0 Å². The van der Waals surface area contributed by atoms with Gasteiger partial charge in [0.05, 0.1) is 15.2 Å². The lowest BCUT2D eigenvalue weighted by atomic mass is 10.0. The predicted molar refractivity (Wildman–Crippen MR) is 90.3 cm³/mol. The molecule has 0 unspecified atom stereocenters. The minimum absolute atomic E-state index is 0.155. The van der Waals surface area contributed by atoms with E-state index in [9.17, 15) is 21.6 Å². The Kier molecular flexibility index (Phi) is 5.49. The minimum Gasteiger partial charge on any atom is -0.261 e. The molecule has 0 aliphatic heterocycles. The fourth-order valence-corrected chi connectivity index (χ4v) is 3.87. The molecule has 1 aromatic carbocycles. The molecule has 1 aromatic heterocycles. The standard InChI is InChI=1S/C17H17ClF3NO2S/c1-16(2,25(23,24)15-7-4-13(18)5-8-15)10-9-14-6-3-12(11-22-14)17(19,20)21/h3-8,11H,9-10H2,1-2H3. The second-order valence-electron chi connectivity index (χ2n) is 6.25. The molecule has 1 heterocycles. The van der Waals surface area contributed by atoms with E-state index in [0.29, 0.717) is 10.7 Å². The van der Waals surface area contributed by atoms with E-state index in [4.69, 9.17) is 11.6 Å². The van der Waals surface area contributed by atoms with Crippen LogP contribution in [-0.4, -0.2) is 18.1 Å². The van der Waals surface area contributed by atoms with Crippen LogP contribution in [0.5, 0.6) is 0 Å². The molecule has 25 heavy (non-hydrogen) atoms. The van der Waals surface area contributed by atoms with Crippen LogP contribution in [0, 0.1) is 0 Å². The van der Waals surface area contributed by atoms with Crippen molar-refractivity contribution < 1.29 is 21.6 Å². The van der Waals surface area contributed by atoms with E-state index in [-0.39, 0.29) is 17.7 Å². The summed E-state index contributed by atoms with van der Waals surface area (Å²) in [5, 5.41) is 0.436. The number of sulfone groups is 1. The van der Waals surface area contributed by atoms with E-state index in [1.807, 2.05) is 0 Å². The maximum atomic E-state index is 12.8. The van der Waals surface area contributed by atoms with Crippen molar-refractivity contribution in [1.82, 2.24) is 4.98 Å². The van der Waals surface area contributed by atoms with Gasteiger partial charge in [0.1, 0.15) is 0 Å². The maximum Gasteiger partial charge on any atom is 0.417 e. The highest BCUT2D eigenvalue weighted by Crippen LogP contribution is 2.31. The number of pyridine rings is 1. The third-order valence-corrected chi connectivity index (χ3v) is 6.79. The molecular formula is C17H17ClF3NO2S. The molecule has 0 N–H and O–H groups in total. The van der Waals surface area contributed by atoms with Crippen LogP contribution in [0.3, 0.4) is 0 Å². The van der Waals surface area contributed by atoms with Crippen molar-refractivity contribution in [1.29, 1.82) is 0 Å². The molecule has 3 nitrogen and oxygen atoms in total. The molecule has 0 amide bonds.